The standard InChI is InChI=1S/C8H7Cl2NO/c1-12-11-5-6-3-2-4-7(9)8(6)10/h2-5H,1H3/b11-5+. The Morgan fingerprint density at radius 1 is 1.42 bits per heavy atom. The van der Waals surface area contributed by atoms with Crippen LogP contribution < -0.4 is 0 Å². The Bertz CT molecular complexity index is 299. The summed E-state index contributed by atoms with van der Waals surface area (Å²) in [5.74, 6) is 0. The third kappa shape index (κ3) is 2.13. The molecule has 2 nitrogen and oxygen atoms in total. The molecular formula is C8H7Cl2NO. The molecule has 0 amide bonds. The van der Waals surface area contributed by atoms with Gasteiger partial charge in [0, 0.05) is 5.56 Å². The Balaban J connectivity index is 3.00. The zero-order chi connectivity index (χ0) is 8.97. The summed E-state index contributed by atoms with van der Waals surface area (Å²) >= 11 is 11.6. The van der Waals surface area contributed by atoms with Gasteiger partial charge in [0.2, 0.25) is 0 Å². The minimum Gasteiger partial charge on any atom is -0.399 e. The molecule has 0 saturated heterocycles. The second kappa shape index (κ2) is 4.33. The van der Waals surface area contributed by atoms with E-state index in [9.17, 15) is 0 Å². The lowest BCUT2D eigenvalue weighted by atomic mass is 10.2. The summed E-state index contributed by atoms with van der Waals surface area (Å²) in [6.45, 7) is 0. The van der Waals surface area contributed by atoms with Crippen molar-refractivity contribution in [3.05, 3.63) is 33.8 Å². The third-order valence-corrected chi connectivity index (χ3v) is 2.11. The summed E-state index contributed by atoms with van der Waals surface area (Å²) in [6, 6.07) is 5.32. The van der Waals surface area contributed by atoms with Crippen molar-refractivity contribution in [2.24, 2.45) is 5.16 Å². The summed E-state index contributed by atoms with van der Waals surface area (Å²) in [5.41, 5.74) is 0.742. The maximum atomic E-state index is 5.85. The van der Waals surface area contributed by atoms with Crippen molar-refractivity contribution >= 4 is 29.4 Å². The Morgan fingerprint density at radius 2 is 2.17 bits per heavy atom. The molecule has 1 aromatic rings. The monoisotopic (exact) mass is 203 g/mol. The molecule has 0 aliphatic heterocycles. The van der Waals surface area contributed by atoms with Gasteiger partial charge in [0.15, 0.2) is 0 Å². The highest BCUT2D eigenvalue weighted by molar-refractivity contribution is 6.43. The van der Waals surface area contributed by atoms with E-state index < -0.39 is 0 Å². The van der Waals surface area contributed by atoms with E-state index in [1.165, 1.54) is 13.3 Å². The number of oxime groups is 1. The van der Waals surface area contributed by atoms with Gasteiger partial charge in [-0.1, -0.05) is 40.5 Å². The first-order valence-electron chi connectivity index (χ1n) is 3.26. The van der Waals surface area contributed by atoms with Crippen molar-refractivity contribution < 1.29 is 4.84 Å². The summed E-state index contributed by atoms with van der Waals surface area (Å²) in [5, 5.41) is 4.57. The van der Waals surface area contributed by atoms with E-state index in [2.05, 4.69) is 9.99 Å². The summed E-state index contributed by atoms with van der Waals surface area (Å²) in [7, 11) is 1.47. The Hall–Kier alpha value is -0.730. The second-order valence-electron chi connectivity index (χ2n) is 2.06. The third-order valence-electron chi connectivity index (χ3n) is 1.28. The normalized spacial score (nSPS) is 10.6. The summed E-state index contributed by atoms with van der Waals surface area (Å²) in [4.78, 5) is 4.51. The lowest BCUT2D eigenvalue weighted by Crippen LogP contribution is -1.83. The molecule has 0 bridgehead atoms. The van der Waals surface area contributed by atoms with E-state index in [-0.39, 0.29) is 0 Å². The van der Waals surface area contributed by atoms with Gasteiger partial charge in [0.1, 0.15) is 7.11 Å². The smallest absolute Gasteiger partial charge is 0.106 e. The van der Waals surface area contributed by atoms with E-state index in [1.54, 1.807) is 18.2 Å². The molecule has 0 radical (unpaired) electrons. The molecule has 0 aromatic heterocycles. The van der Waals surface area contributed by atoms with Gasteiger partial charge in [-0.05, 0) is 6.07 Å². The first kappa shape index (κ1) is 9.36. The number of benzene rings is 1. The zero-order valence-electron chi connectivity index (χ0n) is 6.42. The van der Waals surface area contributed by atoms with Crippen LogP contribution >= 0.6 is 23.2 Å². The van der Waals surface area contributed by atoms with Crippen LogP contribution in [-0.2, 0) is 4.84 Å². The highest BCUT2D eigenvalue weighted by Crippen LogP contribution is 2.24. The molecule has 12 heavy (non-hydrogen) atoms. The lowest BCUT2D eigenvalue weighted by molar-refractivity contribution is 0.215. The van der Waals surface area contributed by atoms with Crippen molar-refractivity contribution in [1.29, 1.82) is 0 Å². The molecule has 0 aliphatic rings. The fourth-order valence-corrected chi connectivity index (χ4v) is 1.09. The van der Waals surface area contributed by atoms with Crippen LogP contribution in [0.3, 0.4) is 0 Å². The average Bonchev–Trinajstić information content (AvgIpc) is 2.08. The van der Waals surface area contributed by atoms with E-state index >= 15 is 0 Å². The minimum atomic E-state index is 0.486. The Labute approximate surface area is 80.7 Å². The van der Waals surface area contributed by atoms with Crippen LogP contribution in [0.25, 0.3) is 0 Å². The Morgan fingerprint density at radius 3 is 2.83 bits per heavy atom. The minimum absolute atomic E-state index is 0.486. The highest BCUT2D eigenvalue weighted by Gasteiger charge is 2.00. The second-order valence-corrected chi connectivity index (χ2v) is 2.85. The number of nitrogens with zero attached hydrogens (tertiary/aromatic N) is 1. The van der Waals surface area contributed by atoms with Crippen molar-refractivity contribution in [2.75, 3.05) is 7.11 Å². The van der Waals surface area contributed by atoms with Crippen LogP contribution in [0.5, 0.6) is 0 Å². The topological polar surface area (TPSA) is 21.6 Å². The largest absolute Gasteiger partial charge is 0.399 e. The maximum Gasteiger partial charge on any atom is 0.106 e. The van der Waals surface area contributed by atoms with Gasteiger partial charge >= 0.3 is 0 Å². The van der Waals surface area contributed by atoms with Gasteiger partial charge in [-0.15, -0.1) is 0 Å². The SMILES string of the molecule is CO/N=C/c1cccc(Cl)c1Cl. The van der Waals surface area contributed by atoms with Crippen LogP contribution in [0.15, 0.2) is 23.4 Å². The molecule has 0 N–H and O–H groups in total. The molecular weight excluding hydrogens is 197 g/mol. The fraction of sp³-hybridized carbons (Fsp3) is 0.125. The first-order valence-corrected chi connectivity index (χ1v) is 4.02. The summed E-state index contributed by atoms with van der Waals surface area (Å²) < 4.78 is 0. The molecule has 0 heterocycles. The molecule has 64 valence electrons. The van der Waals surface area contributed by atoms with Crippen molar-refractivity contribution in [2.45, 2.75) is 0 Å². The number of rotatable bonds is 2. The summed E-state index contributed by atoms with van der Waals surface area (Å²) in [6.07, 6.45) is 1.51. The van der Waals surface area contributed by atoms with E-state index in [4.69, 9.17) is 23.2 Å². The van der Waals surface area contributed by atoms with Gasteiger partial charge < -0.3 is 4.84 Å². The van der Waals surface area contributed by atoms with Crippen molar-refractivity contribution in [3.63, 3.8) is 0 Å². The number of hydrogen-bond acceptors (Lipinski definition) is 2. The van der Waals surface area contributed by atoms with Crippen LogP contribution in [0.1, 0.15) is 5.56 Å². The molecule has 0 saturated carbocycles. The number of hydrogen-bond donors (Lipinski definition) is 0. The number of halogens is 2. The molecule has 0 aliphatic carbocycles. The predicted octanol–water partition coefficient (Wildman–Crippen LogP) is 2.97. The van der Waals surface area contributed by atoms with Crippen LogP contribution in [-0.4, -0.2) is 13.3 Å². The van der Waals surface area contributed by atoms with Gasteiger partial charge in [0.25, 0.3) is 0 Å². The molecule has 0 spiro atoms. The fourth-order valence-electron chi connectivity index (χ4n) is 0.730. The predicted molar refractivity (Wildman–Crippen MR) is 51.1 cm³/mol. The molecule has 0 fully saturated rings. The first-order chi connectivity index (χ1) is 5.75. The maximum absolute atomic E-state index is 5.85. The Kier molecular flexibility index (Phi) is 3.38. The molecule has 1 aromatic carbocycles. The van der Waals surface area contributed by atoms with E-state index in [1.807, 2.05) is 0 Å². The van der Waals surface area contributed by atoms with E-state index in [0.717, 1.165) is 5.56 Å². The van der Waals surface area contributed by atoms with Gasteiger partial charge in [-0.25, -0.2) is 0 Å². The van der Waals surface area contributed by atoms with E-state index in [0.29, 0.717) is 10.0 Å². The highest BCUT2D eigenvalue weighted by atomic mass is 35.5. The quantitative estimate of drug-likeness (QED) is 0.536. The lowest BCUT2D eigenvalue weighted by Gasteiger charge is -1.98. The van der Waals surface area contributed by atoms with Gasteiger partial charge in [-0.2, -0.15) is 0 Å². The van der Waals surface area contributed by atoms with Crippen LogP contribution in [0.2, 0.25) is 10.0 Å². The van der Waals surface area contributed by atoms with Crippen LogP contribution in [0, 0.1) is 0 Å². The molecule has 4 heteroatoms. The van der Waals surface area contributed by atoms with Gasteiger partial charge in [0.05, 0.1) is 16.3 Å². The molecule has 1 rings (SSSR count). The van der Waals surface area contributed by atoms with Gasteiger partial charge in [-0.3, -0.25) is 0 Å². The molecule has 0 atom stereocenters. The van der Waals surface area contributed by atoms with Crippen molar-refractivity contribution in [1.82, 2.24) is 0 Å². The zero-order valence-corrected chi connectivity index (χ0v) is 7.93. The van der Waals surface area contributed by atoms with Crippen LogP contribution in [0.4, 0.5) is 0 Å². The average molecular weight is 204 g/mol. The van der Waals surface area contributed by atoms with Crippen molar-refractivity contribution in [3.8, 4) is 0 Å². The molecule has 0 unspecified atom stereocenters.